The van der Waals surface area contributed by atoms with Crippen molar-refractivity contribution in [2.75, 3.05) is 5.32 Å². The number of para-hydroxylation sites is 3. The Morgan fingerprint density at radius 2 is 1.69 bits per heavy atom. The Morgan fingerprint density at radius 3 is 2.47 bits per heavy atom. The number of nitrogens with one attached hydrogen (secondary N) is 1. The van der Waals surface area contributed by atoms with Crippen LogP contribution in [0.25, 0.3) is 16.7 Å². The average molecular weight is 425 g/mol. The lowest BCUT2D eigenvalue weighted by molar-refractivity contribution is -0.117. The van der Waals surface area contributed by atoms with Crippen LogP contribution in [0.1, 0.15) is 5.56 Å². The van der Waals surface area contributed by atoms with Gasteiger partial charge in [0.1, 0.15) is 12.3 Å². The summed E-state index contributed by atoms with van der Waals surface area (Å²) in [6.07, 6.45) is 0. The van der Waals surface area contributed by atoms with Gasteiger partial charge in [-0.2, -0.15) is 0 Å². The predicted octanol–water partition coefficient (Wildman–Crippen LogP) is 3.78. The Bertz CT molecular complexity index is 1490. The first-order valence-electron chi connectivity index (χ1n) is 10.1. The van der Waals surface area contributed by atoms with Gasteiger partial charge in [0.05, 0.1) is 11.0 Å². The number of rotatable bonds is 5. The number of carbonyl (C=O) groups is 1. The first kappa shape index (κ1) is 19.5. The molecule has 32 heavy (non-hydrogen) atoms. The lowest BCUT2D eigenvalue weighted by atomic mass is 10.2. The molecule has 0 atom stereocenters. The molecule has 0 unspecified atom stereocenters. The lowest BCUT2D eigenvalue weighted by Crippen LogP contribution is -2.28. The van der Waals surface area contributed by atoms with Gasteiger partial charge in [-0.15, -0.1) is 5.10 Å². The summed E-state index contributed by atoms with van der Waals surface area (Å²) < 4.78 is 8.47. The summed E-state index contributed by atoms with van der Waals surface area (Å²) in [6, 6.07) is 23.8. The Kier molecular flexibility index (Phi) is 4.87. The first-order valence-corrected chi connectivity index (χ1v) is 10.1. The third-order valence-corrected chi connectivity index (χ3v) is 4.96. The highest BCUT2D eigenvalue weighted by molar-refractivity contribution is 5.90. The lowest BCUT2D eigenvalue weighted by Gasteiger charge is -2.07. The molecule has 0 spiro atoms. The maximum atomic E-state index is 13.2. The summed E-state index contributed by atoms with van der Waals surface area (Å²) in [4.78, 5) is 30.3. The number of carbonyl (C=O) groups excluding carboxylic acids is 1. The van der Waals surface area contributed by atoms with Gasteiger partial charge >= 0.3 is 5.69 Å². The molecular weight excluding hydrogens is 406 g/mol. The normalized spacial score (nSPS) is 11.0. The number of benzene rings is 3. The van der Waals surface area contributed by atoms with Crippen LogP contribution in [0.4, 0.5) is 5.69 Å². The van der Waals surface area contributed by atoms with Crippen LogP contribution in [0.15, 0.2) is 83.7 Å². The van der Waals surface area contributed by atoms with Crippen LogP contribution in [-0.4, -0.2) is 25.1 Å². The van der Waals surface area contributed by atoms with Crippen molar-refractivity contribution in [2.45, 2.75) is 13.5 Å². The fraction of sp³-hybridized carbons (Fsp3) is 0.0833. The van der Waals surface area contributed by atoms with Crippen molar-refractivity contribution >= 4 is 28.3 Å². The Balaban J connectivity index is 1.55. The van der Waals surface area contributed by atoms with E-state index >= 15 is 0 Å². The standard InChI is InChI=1S/C24H19N5O3/c1-16-11-13-17(14-12-16)25-21(30)15-28-24(31)29-20-10-6-5-9-19(20)26-23(22(29)27-28)32-18-7-3-2-4-8-18/h2-14H,15H2,1H3,(H,25,30). The Hall–Kier alpha value is -4.46. The molecule has 3 aromatic carbocycles. The minimum atomic E-state index is -0.449. The fourth-order valence-corrected chi connectivity index (χ4v) is 3.42. The van der Waals surface area contributed by atoms with Gasteiger partial charge in [-0.05, 0) is 43.3 Å². The SMILES string of the molecule is Cc1ccc(NC(=O)Cn2nc3c(Oc4ccccc4)nc4ccccc4n3c2=O)cc1. The van der Waals surface area contributed by atoms with Crippen molar-refractivity contribution in [1.29, 1.82) is 0 Å². The zero-order chi connectivity index (χ0) is 22.1. The van der Waals surface area contributed by atoms with Crippen LogP contribution < -0.4 is 15.7 Å². The molecule has 1 amide bonds. The summed E-state index contributed by atoms with van der Waals surface area (Å²) in [5, 5.41) is 7.16. The molecule has 0 radical (unpaired) electrons. The summed E-state index contributed by atoms with van der Waals surface area (Å²) >= 11 is 0. The van der Waals surface area contributed by atoms with Crippen molar-refractivity contribution < 1.29 is 9.53 Å². The van der Waals surface area contributed by atoms with Gasteiger partial charge in [0.15, 0.2) is 0 Å². The van der Waals surface area contributed by atoms with E-state index in [-0.39, 0.29) is 24.0 Å². The van der Waals surface area contributed by atoms with Crippen molar-refractivity contribution in [1.82, 2.24) is 19.2 Å². The van der Waals surface area contributed by atoms with E-state index in [2.05, 4.69) is 15.4 Å². The molecule has 0 bridgehead atoms. The Morgan fingerprint density at radius 1 is 0.969 bits per heavy atom. The summed E-state index contributed by atoms with van der Waals surface area (Å²) in [5.41, 5.74) is 2.69. The average Bonchev–Trinajstić information content (AvgIpc) is 3.13. The van der Waals surface area contributed by atoms with E-state index < -0.39 is 5.69 Å². The summed E-state index contributed by atoms with van der Waals surface area (Å²) in [6.45, 7) is 1.72. The number of nitrogens with zero attached hydrogens (tertiary/aromatic N) is 4. The third kappa shape index (κ3) is 3.69. The number of amides is 1. The molecule has 8 nitrogen and oxygen atoms in total. The van der Waals surface area contributed by atoms with E-state index in [1.165, 1.54) is 4.40 Å². The van der Waals surface area contributed by atoms with E-state index in [0.29, 0.717) is 22.5 Å². The molecule has 0 aliphatic heterocycles. The summed E-state index contributed by atoms with van der Waals surface area (Å²) in [5.74, 6) is 0.392. The zero-order valence-corrected chi connectivity index (χ0v) is 17.2. The highest BCUT2D eigenvalue weighted by atomic mass is 16.5. The second kappa shape index (κ2) is 7.99. The van der Waals surface area contributed by atoms with Crippen LogP contribution >= 0.6 is 0 Å². The summed E-state index contributed by atoms with van der Waals surface area (Å²) in [7, 11) is 0. The van der Waals surface area contributed by atoms with Crippen LogP contribution in [0.3, 0.4) is 0 Å². The largest absolute Gasteiger partial charge is 0.436 e. The van der Waals surface area contributed by atoms with Gasteiger partial charge in [-0.1, -0.05) is 48.0 Å². The van der Waals surface area contributed by atoms with Crippen molar-refractivity contribution in [3.05, 3.63) is 94.9 Å². The maximum Gasteiger partial charge on any atom is 0.351 e. The molecule has 2 heterocycles. The quantitative estimate of drug-likeness (QED) is 0.463. The van der Waals surface area contributed by atoms with Gasteiger partial charge in [-0.25, -0.2) is 18.9 Å². The van der Waals surface area contributed by atoms with Gasteiger partial charge in [0, 0.05) is 5.69 Å². The van der Waals surface area contributed by atoms with Gasteiger partial charge in [-0.3, -0.25) is 4.79 Å². The molecule has 2 aromatic heterocycles. The van der Waals surface area contributed by atoms with E-state index in [1.54, 1.807) is 24.3 Å². The second-order valence-electron chi connectivity index (χ2n) is 7.33. The van der Waals surface area contributed by atoms with Crippen LogP contribution in [0, 0.1) is 6.92 Å². The van der Waals surface area contributed by atoms with Gasteiger partial charge < -0.3 is 10.1 Å². The van der Waals surface area contributed by atoms with Crippen LogP contribution in [0.2, 0.25) is 0 Å². The van der Waals surface area contributed by atoms with Crippen LogP contribution in [-0.2, 0) is 11.3 Å². The number of aromatic nitrogens is 4. The number of anilines is 1. The molecule has 0 fully saturated rings. The van der Waals surface area contributed by atoms with Crippen molar-refractivity contribution in [2.24, 2.45) is 0 Å². The Labute approximate surface area is 182 Å². The number of ether oxygens (including phenoxy) is 1. The number of aryl methyl sites for hydroxylation is 1. The molecule has 5 rings (SSSR count). The second-order valence-corrected chi connectivity index (χ2v) is 7.33. The first-order chi connectivity index (χ1) is 15.6. The number of hydrogen-bond donors (Lipinski definition) is 1. The minimum Gasteiger partial charge on any atom is -0.436 e. The zero-order valence-electron chi connectivity index (χ0n) is 17.2. The van der Waals surface area contributed by atoms with Crippen molar-refractivity contribution in [3.8, 4) is 11.6 Å². The predicted molar refractivity (Wildman–Crippen MR) is 121 cm³/mol. The molecule has 5 aromatic rings. The number of hydrogen-bond acceptors (Lipinski definition) is 5. The van der Waals surface area contributed by atoms with Crippen molar-refractivity contribution in [3.63, 3.8) is 0 Å². The molecule has 0 aliphatic carbocycles. The van der Waals surface area contributed by atoms with Crippen LogP contribution in [0.5, 0.6) is 11.6 Å². The highest BCUT2D eigenvalue weighted by Crippen LogP contribution is 2.25. The smallest absolute Gasteiger partial charge is 0.351 e. The third-order valence-electron chi connectivity index (χ3n) is 4.96. The molecular formula is C24H19N5O3. The fourth-order valence-electron chi connectivity index (χ4n) is 3.42. The topological polar surface area (TPSA) is 90.5 Å². The molecule has 1 N–H and O–H groups in total. The van der Waals surface area contributed by atoms with E-state index in [4.69, 9.17) is 4.74 Å². The molecule has 0 saturated heterocycles. The monoisotopic (exact) mass is 425 g/mol. The van der Waals surface area contributed by atoms with E-state index in [0.717, 1.165) is 10.2 Å². The highest BCUT2D eigenvalue weighted by Gasteiger charge is 2.19. The molecule has 158 valence electrons. The minimum absolute atomic E-state index is 0.185. The van der Waals surface area contributed by atoms with Gasteiger partial charge in [0.25, 0.3) is 5.88 Å². The van der Waals surface area contributed by atoms with Gasteiger partial charge in [0.2, 0.25) is 11.6 Å². The van der Waals surface area contributed by atoms with E-state index in [1.807, 2.05) is 61.5 Å². The molecule has 8 heteroatoms. The molecule has 0 aliphatic rings. The maximum absolute atomic E-state index is 13.2. The number of fused-ring (bicyclic) bond motifs is 3. The molecule has 0 saturated carbocycles. The van der Waals surface area contributed by atoms with E-state index in [9.17, 15) is 9.59 Å².